The second-order valence-electron chi connectivity index (χ2n) is 5.40. The minimum absolute atomic E-state index is 0.146. The van der Waals surface area contributed by atoms with Crippen LogP contribution in [0.25, 0.3) is 10.6 Å². The number of aromatic nitrogens is 1. The van der Waals surface area contributed by atoms with Crippen LogP contribution in [0.2, 0.25) is 5.02 Å². The molecule has 1 heterocycles. The molecule has 0 atom stereocenters. The fourth-order valence-corrected chi connectivity index (χ4v) is 3.17. The number of ether oxygens (including phenoxy) is 2. The van der Waals surface area contributed by atoms with Crippen LogP contribution in [0.1, 0.15) is 10.5 Å². The lowest BCUT2D eigenvalue weighted by molar-refractivity contribution is -0.119. The highest BCUT2D eigenvalue weighted by atomic mass is 35.5. The number of esters is 1. The Kier molecular flexibility index (Phi) is 6.05. The van der Waals surface area contributed by atoms with Crippen molar-refractivity contribution in [2.24, 2.45) is 0 Å². The SMILES string of the molecule is COc1ccc(NC(=O)COC(=O)c2csc(-c3cccc(Cl)c3)n2)cc1. The Bertz CT molecular complexity index is 956. The molecule has 1 amide bonds. The van der Waals surface area contributed by atoms with Gasteiger partial charge in [-0.25, -0.2) is 9.78 Å². The van der Waals surface area contributed by atoms with E-state index in [-0.39, 0.29) is 5.69 Å². The first-order chi connectivity index (χ1) is 13.0. The first-order valence-electron chi connectivity index (χ1n) is 7.87. The number of carbonyl (C=O) groups excluding carboxylic acids is 2. The molecule has 8 heteroatoms. The third kappa shape index (κ3) is 5.06. The van der Waals surface area contributed by atoms with E-state index in [9.17, 15) is 9.59 Å². The lowest BCUT2D eigenvalue weighted by Gasteiger charge is -2.06. The zero-order chi connectivity index (χ0) is 19.2. The molecule has 0 saturated heterocycles. The lowest BCUT2D eigenvalue weighted by Crippen LogP contribution is -2.21. The summed E-state index contributed by atoms with van der Waals surface area (Å²) in [4.78, 5) is 28.3. The van der Waals surface area contributed by atoms with Gasteiger partial charge in [0.25, 0.3) is 5.91 Å². The zero-order valence-corrected chi connectivity index (χ0v) is 15.8. The monoisotopic (exact) mass is 402 g/mol. The summed E-state index contributed by atoms with van der Waals surface area (Å²) in [5.74, 6) is -0.429. The maximum absolute atomic E-state index is 12.1. The molecular formula is C19H15ClN2O4S. The van der Waals surface area contributed by atoms with Crippen LogP contribution in [0, 0.1) is 0 Å². The molecule has 1 aromatic heterocycles. The molecule has 0 unspecified atom stereocenters. The van der Waals surface area contributed by atoms with E-state index in [1.165, 1.54) is 11.3 Å². The number of hydrogen-bond acceptors (Lipinski definition) is 6. The predicted octanol–water partition coefficient (Wildman–Crippen LogP) is 4.27. The van der Waals surface area contributed by atoms with Crippen LogP contribution < -0.4 is 10.1 Å². The predicted molar refractivity (Wildman–Crippen MR) is 104 cm³/mol. The molecule has 0 aliphatic carbocycles. The van der Waals surface area contributed by atoms with Crippen LogP contribution >= 0.6 is 22.9 Å². The fourth-order valence-electron chi connectivity index (χ4n) is 2.20. The Hall–Kier alpha value is -2.90. The fraction of sp³-hybridized carbons (Fsp3) is 0.105. The number of anilines is 1. The van der Waals surface area contributed by atoms with Crippen LogP contribution in [0.4, 0.5) is 5.69 Å². The van der Waals surface area contributed by atoms with E-state index in [2.05, 4.69) is 10.3 Å². The highest BCUT2D eigenvalue weighted by Gasteiger charge is 2.15. The first kappa shape index (κ1) is 18.9. The van der Waals surface area contributed by atoms with Crippen molar-refractivity contribution in [3.8, 4) is 16.3 Å². The van der Waals surface area contributed by atoms with Gasteiger partial charge in [0.15, 0.2) is 12.3 Å². The van der Waals surface area contributed by atoms with Gasteiger partial charge in [-0.1, -0.05) is 23.7 Å². The van der Waals surface area contributed by atoms with E-state index in [0.717, 1.165) is 5.56 Å². The normalized spacial score (nSPS) is 10.3. The molecule has 2 aromatic carbocycles. The number of thiazole rings is 1. The van der Waals surface area contributed by atoms with Gasteiger partial charge in [0, 0.05) is 21.7 Å². The van der Waals surface area contributed by atoms with Gasteiger partial charge >= 0.3 is 5.97 Å². The summed E-state index contributed by atoms with van der Waals surface area (Å²) in [5, 5.41) is 5.45. The first-order valence-corrected chi connectivity index (χ1v) is 9.13. The van der Waals surface area contributed by atoms with Crippen LogP contribution in [-0.4, -0.2) is 30.6 Å². The van der Waals surface area contributed by atoms with Gasteiger partial charge < -0.3 is 14.8 Å². The minimum Gasteiger partial charge on any atom is -0.497 e. The van der Waals surface area contributed by atoms with E-state index in [1.807, 2.05) is 6.07 Å². The highest BCUT2D eigenvalue weighted by molar-refractivity contribution is 7.13. The number of halogens is 1. The number of nitrogens with one attached hydrogen (secondary N) is 1. The van der Waals surface area contributed by atoms with Gasteiger partial charge in [0.2, 0.25) is 0 Å². The Balaban J connectivity index is 1.55. The minimum atomic E-state index is -0.663. The van der Waals surface area contributed by atoms with Crippen molar-refractivity contribution in [1.82, 2.24) is 4.98 Å². The molecule has 3 aromatic rings. The largest absolute Gasteiger partial charge is 0.497 e. The van der Waals surface area contributed by atoms with E-state index < -0.39 is 18.5 Å². The summed E-state index contributed by atoms with van der Waals surface area (Å²) < 4.78 is 10.1. The Morgan fingerprint density at radius 3 is 2.67 bits per heavy atom. The molecule has 0 spiro atoms. The third-order valence-electron chi connectivity index (χ3n) is 3.49. The molecule has 0 aliphatic heterocycles. The summed E-state index contributed by atoms with van der Waals surface area (Å²) in [5.41, 5.74) is 1.53. The molecule has 138 valence electrons. The Labute approximate surface area is 164 Å². The summed E-state index contributed by atoms with van der Waals surface area (Å²) in [7, 11) is 1.56. The van der Waals surface area contributed by atoms with Crippen molar-refractivity contribution < 1.29 is 19.1 Å². The molecule has 0 radical (unpaired) electrons. The second kappa shape index (κ2) is 8.66. The van der Waals surface area contributed by atoms with Gasteiger partial charge in [0.1, 0.15) is 10.8 Å². The van der Waals surface area contributed by atoms with Crippen molar-refractivity contribution >= 4 is 40.5 Å². The number of carbonyl (C=O) groups is 2. The van der Waals surface area contributed by atoms with E-state index in [4.69, 9.17) is 21.1 Å². The van der Waals surface area contributed by atoms with Crippen LogP contribution in [0.5, 0.6) is 5.75 Å². The number of hydrogen-bond donors (Lipinski definition) is 1. The third-order valence-corrected chi connectivity index (χ3v) is 4.62. The molecule has 3 rings (SSSR count). The molecule has 0 fully saturated rings. The van der Waals surface area contributed by atoms with Gasteiger partial charge in [-0.15, -0.1) is 11.3 Å². The van der Waals surface area contributed by atoms with Gasteiger partial charge in [-0.3, -0.25) is 4.79 Å². The quantitative estimate of drug-likeness (QED) is 0.623. The van der Waals surface area contributed by atoms with E-state index in [1.54, 1.807) is 55.0 Å². The van der Waals surface area contributed by atoms with Crippen molar-refractivity contribution in [3.05, 3.63) is 64.6 Å². The van der Waals surface area contributed by atoms with Gasteiger partial charge in [-0.2, -0.15) is 0 Å². The van der Waals surface area contributed by atoms with Crippen LogP contribution in [0.3, 0.4) is 0 Å². The summed E-state index contributed by atoms with van der Waals surface area (Å²) in [6.45, 7) is -0.408. The molecule has 0 aliphatic rings. The number of rotatable bonds is 6. The number of nitrogens with zero attached hydrogens (tertiary/aromatic N) is 1. The van der Waals surface area contributed by atoms with Crippen LogP contribution in [-0.2, 0) is 9.53 Å². The average molecular weight is 403 g/mol. The standard InChI is InChI=1S/C19H15ClN2O4S/c1-25-15-7-5-14(6-8-15)21-17(23)10-26-19(24)16-11-27-18(22-16)12-3-2-4-13(20)9-12/h2-9,11H,10H2,1H3,(H,21,23). The number of benzene rings is 2. The van der Waals surface area contributed by atoms with Crippen LogP contribution in [0.15, 0.2) is 53.9 Å². The molecule has 0 saturated carbocycles. The topological polar surface area (TPSA) is 77.5 Å². The molecule has 6 nitrogen and oxygen atoms in total. The maximum Gasteiger partial charge on any atom is 0.358 e. The highest BCUT2D eigenvalue weighted by Crippen LogP contribution is 2.26. The summed E-state index contributed by atoms with van der Waals surface area (Å²) in [6, 6.07) is 14.0. The maximum atomic E-state index is 12.1. The average Bonchev–Trinajstić information content (AvgIpc) is 3.17. The van der Waals surface area contributed by atoms with Crippen molar-refractivity contribution in [2.75, 3.05) is 19.0 Å². The van der Waals surface area contributed by atoms with Gasteiger partial charge in [-0.05, 0) is 36.4 Å². The second-order valence-corrected chi connectivity index (χ2v) is 6.70. The van der Waals surface area contributed by atoms with Gasteiger partial charge in [0.05, 0.1) is 7.11 Å². The molecule has 1 N–H and O–H groups in total. The van der Waals surface area contributed by atoms with Crippen molar-refractivity contribution in [2.45, 2.75) is 0 Å². The van der Waals surface area contributed by atoms with Crippen molar-refractivity contribution in [1.29, 1.82) is 0 Å². The number of amides is 1. The lowest BCUT2D eigenvalue weighted by atomic mass is 10.2. The zero-order valence-electron chi connectivity index (χ0n) is 14.3. The van der Waals surface area contributed by atoms with E-state index >= 15 is 0 Å². The smallest absolute Gasteiger partial charge is 0.358 e. The van der Waals surface area contributed by atoms with Crippen molar-refractivity contribution in [3.63, 3.8) is 0 Å². The summed E-state index contributed by atoms with van der Waals surface area (Å²) in [6.07, 6.45) is 0. The molecule has 0 bridgehead atoms. The number of methoxy groups -OCH3 is 1. The summed E-state index contributed by atoms with van der Waals surface area (Å²) >= 11 is 7.26. The van der Waals surface area contributed by atoms with E-state index in [0.29, 0.717) is 21.5 Å². The molecule has 27 heavy (non-hydrogen) atoms. The Morgan fingerprint density at radius 1 is 1.19 bits per heavy atom. The Morgan fingerprint density at radius 2 is 1.96 bits per heavy atom. The molecular weight excluding hydrogens is 388 g/mol.